The monoisotopic (exact) mass is 457 g/mol. The van der Waals surface area contributed by atoms with E-state index in [-0.39, 0.29) is 0 Å². The molecule has 2 aliphatic rings. The van der Waals surface area contributed by atoms with Gasteiger partial charge in [0.25, 0.3) is 0 Å². The van der Waals surface area contributed by atoms with E-state index in [0.29, 0.717) is 43.2 Å². The highest BCUT2D eigenvalue weighted by Crippen LogP contribution is 2.43. The van der Waals surface area contributed by atoms with Gasteiger partial charge < -0.3 is 14.0 Å². The molecule has 0 atom stereocenters. The number of ether oxygens (including phenoxy) is 2. The summed E-state index contributed by atoms with van der Waals surface area (Å²) in [5.74, 6) is 0.637. The molecule has 0 N–H and O–H groups in total. The minimum Gasteiger partial charge on any atom is -0.497 e. The van der Waals surface area contributed by atoms with Crippen molar-refractivity contribution in [3.63, 3.8) is 0 Å². The molecule has 32 heavy (non-hydrogen) atoms. The number of aliphatic imine (C=N–C) groups is 1. The lowest BCUT2D eigenvalue weighted by molar-refractivity contribution is 0.205. The first-order chi connectivity index (χ1) is 15.4. The largest absolute Gasteiger partial charge is 0.497 e. The van der Waals surface area contributed by atoms with Crippen LogP contribution in [0.15, 0.2) is 58.6 Å². The fourth-order valence-corrected chi connectivity index (χ4v) is 6.08. The van der Waals surface area contributed by atoms with E-state index < -0.39 is 15.6 Å². The molecule has 1 aromatic heterocycles. The molecular weight excluding hydrogens is 426 g/mol. The van der Waals surface area contributed by atoms with Crippen molar-refractivity contribution in [3.05, 3.63) is 54.4 Å². The zero-order valence-corrected chi connectivity index (χ0v) is 19.8. The second-order valence-corrected chi connectivity index (χ2v) is 10.1. The fourth-order valence-electron chi connectivity index (χ4n) is 4.64. The molecule has 1 saturated heterocycles. The first-order valence-electron chi connectivity index (χ1n) is 11.1. The van der Waals surface area contributed by atoms with E-state index in [9.17, 15) is 8.42 Å². The van der Waals surface area contributed by atoms with E-state index in [4.69, 9.17) is 14.5 Å². The van der Waals surface area contributed by atoms with Gasteiger partial charge in [-0.2, -0.15) is 4.31 Å². The standard InChI is InChI=1S/C24H31N3O4S/c1-4-6-22-21(12-18-30-2)25-24(23-7-5-15-27(22)23)13-16-26(17-14-24)32(28,29)20-10-8-19(31-3)9-11-20/h5-11,15H,4,12-14,16-18H2,1-3H3/b22-6+. The highest BCUT2D eigenvalue weighted by Gasteiger charge is 2.44. The van der Waals surface area contributed by atoms with Crippen molar-refractivity contribution in [1.82, 2.24) is 8.87 Å². The molecule has 0 bridgehead atoms. The van der Waals surface area contributed by atoms with Crippen molar-refractivity contribution < 1.29 is 17.9 Å². The Morgan fingerprint density at radius 3 is 2.47 bits per heavy atom. The molecule has 2 aliphatic heterocycles. The van der Waals surface area contributed by atoms with Crippen LogP contribution >= 0.6 is 0 Å². The fraction of sp³-hybridized carbons (Fsp3) is 0.458. The summed E-state index contributed by atoms with van der Waals surface area (Å²) >= 11 is 0. The van der Waals surface area contributed by atoms with Crippen LogP contribution in [0.3, 0.4) is 0 Å². The highest BCUT2D eigenvalue weighted by molar-refractivity contribution is 7.89. The molecule has 0 radical (unpaired) electrons. The van der Waals surface area contributed by atoms with E-state index in [1.54, 1.807) is 42.8 Å². The molecular formula is C24H31N3O4S. The maximum absolute atomic E-state index is 13.2. The number of hydrogen-bond donors (Lipinski definition) is 0. The van der Waals surface area contributed by atoms with Crippen LogP contribution in [0.2, 0.25) is 0 Å². The summed E-state index contributed by atoms with van der Waals surface area (Å²) in [5.41, 5.74) is 2.87. The van der Waals surface area contributed by atoms with Crippen LogP contribution in [0, 0.1) is 0 Å². The molecule has 1 spiro atoms. The quantitative estimate of drug-likeness (QED) is 0.632. The Hall–Kier alpha value is -2.42. The van der Waals surface area contributed by atoms with Crippen LogP contribution in [0.5, 0.6) is 5.75 Å². The van der Waals surface area contributed by atoms with Crippen molar-refractivity contribution >= 4 is 21.4 Å². The number of nitrogens with zero attached hydrogens (tertiary/aromatic N) is 3. The van der Waals surface area contributed by atoms with Crippen molar-refractivity contribution in [1.29, 1.82) is 0 Å². The van der Waals surface area contributed by atoms with Crippen molar-refractivity contribution in [2.24, 2.45) is 4.99 Å². The molecule has 1 aromatic carbocycles. The Kier molecular flexibility index (Phi) is 6.55. The van der Waals surface area contributed by atoms with E-state index >= 15 is 0 Å². The third-order valence-electron chi connectivity index (χ3n) is 6.32. The van der Waals surface area contributed by atoms with Crippen LogP contribution in [0.4, 0.5) is 0 Å². The third kappa shape index (κ3) is 4.02. The SMILES string of the molecule is CC/C=C1\C(CCOC)=NC2(CCN(S(=O)(=O)c3ccc(OC)cc3)CC2)c2cccn21. The number of sulfonamides is 1. The zero-order valence-electron chi connectivity index (χ0n) is 19.0. The first-order valence-corrected chi connectivity index (χ1v) is 12.5. The molecule has 3 heterocycles. The van der Waals surface area contributed by atoms with Crippen LogP contribution in [-0.4, -0.2) is 56.9 Å². The van der Waals surface area contributed by atoms with Gasteiger partial charge in [-0.05, 0) is 55.7 Å². The van der Waals surface area contributed by atoms with Gasteiger partial charge >= 0.3 is 0 Å². The van der Waals surface area contributed by atoms with Crippen molar-refractivity contribution in [2.75, 3.05) is 33.9 Å². The maximum Gasteiger partial charge on any atom is 0.243 e. The number of fused-ring (bicyclic) bond motifs is 2. The summed E-state index contributed by atoms with van der Waals surface area (Å²) < 4.78 is 40.7. The van der Waals surface area contributed by atoms with Crippen LogP contribution in [0.1, 0.15) is 38.3 Å². The second kappa shape index (κ2) is 9.21. The van der Waals surface area contributed by atoms with Crippen molar-refractivity contribution in [2.45, 2.75) is 43.0 Å². The van der Waals surface area contributed by atoms with Gasteiger partial charge in [0.15, 0.2) is 0 Å². The second-order valence-electron chi connectivity index (χ2n) is 8.17. The summed E-state index contributed by atoms with van der Waals surface area (Å²) in [7, 11) is -0.296. The molecule has 0 amide bonds. The number of allylic oxidation sites excluding steroid dienone is 2. The highest BCUT2D eigenvalue weighted by atomic mass is 32.2. The molecule has 8 heteroatoms. The van der Waals surface area contributed by atoms with Crippen LogP contribution in [-0.2, 0) is 20.3 Å². The van der Waals surface area contributed by atoms with E-state index in [1.807, 2.05) is 0 Å². The van der Waals surface area contributed by atoms with Gasteiger partial charge in [-0.3, -0.25) is 4.99 Å². The van der Waals surface area contributed by atoms with Gasteiger partial charge in [0.05, 0.1) is 35.7 Å². The summed E-state index contributed by atoms with van der Waals surface area (Å²) in [6.07, 6.45) is 7.22. The van der Waals surface area contributed by atoms with Crippen LogP contribution in [0.25, 0.3) is 5.70 Å². The summed E-state index contributed by atoms with van der Waals surface area (Å²) in [4.78, 5) is 5.54. The smallest absolute Gasteiger partial charge is 0.243 e. The maximum atomic E-state index is 13.2. The summed E-state index contributed by atoms with van der Waals surface area (Å²) in [6.45, 7) is 3.57. The number of rotatable bonds is 7. The Morgan fingerprint density at radius 1 is 1.12 bits per heavy atom. The van der Waals surface area contributed by atoms with Crippen molar-refractivity contribution in [3.8, 4) is 5.75 Å². The molecule has 1 fully saturated rings. The summed E-state index contributed by atoms with van der Waals surface area (Å²) in [5, 5.41) is 0. The minimum atomic E-state index is -3.56. The third-order valence-corrected chi connectivity index (χ3v) is 8.23. The lowest BCUT2D eigenvalue weighted by atomic mass is 9.83. The van der Waals surface area contributed by atoms with Gasteiger partial charge in [0, 0.05) is 32.8 Å². The predicted molar refractivity (Wildman–Crippen MR) is 126 cm³/mol. The van der Waals surface area contributed by atoms with Gasteiger partial charge in [0.1, 0.15) is 11.3 Å². The molecule has 0 saturated carbocycles. The zero-order chi connectivity index (χ0) is 22.8. The number of aromatic nitrogens is 1. The number of piperidine rings is 1. The Labute approximate surface area is 190 Å². The molecule has 0 aliphatic carbocycles. The Morgan fingerprint density at radius 2 is 1.84 bits per heavy atom. The Bertz CT molecular complexity index is 1110. The molecule has 2 aromatic rings. The van der Waals surface area contributed by atoms with Gasteiger partial charge in [-0.25, -0.2) is 8.42 Å². The lowest BCUT2D eigenvalue weighted by Gasteiger charge is -2.42. The van der Waals surface area contributed by atoms with E-state index in [2.05, 4.69) is 35.9 Å². The van der Waals surface area contributed by atoms with Crippen LogP contribution < -0.4 is 4.74 Å². The van der Waals surface area contributed by atoms with Gasteiger partial charge in [0.2, 0.25) is 10.0 Å². The molecule has 172 valence electrons. The van der Waals surface area contributed by atoms with Gasteiger partial charge in [-0.15, -0.1) is 0 Å². The average Bonchev–Trinajstić information content (AvgIpc) is 3.31. The number of methoxy groups -OCH3 is 2. The molecule has 0 unspecified atom stereocenters. The average molecular weight is 458 g/mol. The normalized spacial score (nSPS) is 19.7. The van der Waals surface area contributed by atoms with E-state index in [0.717, 1.165) is 29.9 Å². The topological polar surface area (TPSA) is 73.1 Å². The Balaban J connectivity index is 1.62. The number of hydrogen-bond acceptors (Lipinski definition) is 5. The van der Waals surface area contributed by atoms with E-state index in [1.165, 1.54) is 0 Å². The lowest BCUT2D eigenvalue weighted by Crippen LogP contribution is -2.46. The number of benzene rings is 1. The first kappa shape index (κ1) is 22.8. The van der Waals surface area contributed by atoms with Gasteiger partial charge in [-0.1, -0.05) is 13.0 Å². The predicted octanol–water partition coefficient (Wildman–Crippen LogP) is 3.92. The summed E-state index contributed by atoms with van der Waals surface area (Å²) in [6, 6.07) is 10.7. The molecule has 7 nitrogen and oxygen atoms in total. The molecule has 4 rings (SSSR count). The minimum absolute atomic E-state index is 0.290.